The fourth-order valence-electron chi connectivity index (χ4n) is 1.92. The van der Waals surface area contributed by atoms with Crippen molar-refractivity contribution >= 4 is 54.5 Å². The first-order valence-electron chi connectivity index (χ1n) is 5.71. The van der Waals surface area contributed by atoms with Gasteiger partial charge in [-0.1, -0.05) is 0 Å². The quantitative estimate of drug-likeness (QED) is 0.673. The van der Waals surface area contributed by atoms with E-state index in [0.29, 0.717) is 6.04 Å². The molecule has 0 aliphatic rings. The van der Waals surface area contributed by atoms with Crippen LogP contribution in [0, 0.1) is 13.8 Å². The Morgan fingerprint density at radius 1 is 1.22 bits per heavy atom. The molecule has 0 bridgehead atoms. The summed E-state index contributed by atoms with van der Waals surface area (Å²) in [5, 5.41) is 3.59. The zero-order chi connectivity index (χ0) is 13.3. The van der Waals surface area contributed by atoms with E-state index < -0.39 is 0 Å². The molecule has 1 atom stereocenters. The molecule has 0 aromatic carbocycles. The maximum Gasteiger partial charge on any atom is 0.0843 e. The molecule has 0 aliphatic heterocycles. The van der Waals surface area contributed by atoms with E-state index in [9.17, 15) is 0 Å². The van der Waals surface area contributed by atoms with Crippen LogP contribution < -0.4 is 5.32 Å². The Labute approximate surface area is 133 Å². The maximum absolute atomic E-state index is 3.59. The molecule has 1 nitrogen and oxygen atoms in total. The molecule has 0 radical (unpaired) electrons. The van der Waals surface area contributed by atoms with Gasteiger partial charge in [0.05, 0.1) is 3.79 Å². The third-order valence-corrected chi connectivity index (χ3v) is 7.06. The zero-order valence-electron chi connectivity index (χ0n) is 10.5. The summed E-state index contributed by atoms with van der Waals surface area (Å²) in [5.41, 5.74) is 1.42. The Morgan fingerprint density at radius 3 is 2.44 bits per heavy atom. The molecule has 1 unspecified atom stereocenters. The number of thiophene rings is 2. The summed E-state index contributed by atoms with van der Waals surface area (Å²) < 4.78 is 2.30. The summed E-state index contributed by atoms with van der Waals surface area (Å²) in [4.78, 5) is 4.14. The van der Waals surface area contributed by atoms with E-state index in [1.54, 1.807) is 11.3 Å². The molecular formula is C13H15Br2NS2. The second-order valence-electron chi connectivity index (χ2n) is 4.31. The second-order valence-corrected chi connectivity index (χ2v) is 9.07. The molecule has 0 aliphatic carbocycles. The van der Waals surface area contributed by atoms with Gasteiger partial charge in [-0.2, -0.15) is 0 Å². The molecule has 2 aromatic heterocycles. The second kappa shape index (κ2) is 6.18. The minimum atomic E-state index is 0.398. The minimum absolute atomic E-state index is 0.398. The van der Waals surface area contributed by atoms with Crippen LogP contribution in [0.5, 0.6) is 0 Å². The van der Waals surface area contributed by atoms with Gasteiger partial charge in [-0.05, 0) is 70.3 Å². The monoisotopic (exact) mass is 407 g/mol. The molecule has 0 fully saturated rings. The molecule has 0 saturated carbocycles. The lowest BCUT2D eigenvalue weighted by atomic mass is 10.1. The number of hydrogen-bond donors (Lipinski definition) is 1. The molecule has 0 saturated heterocycles. The predicted molar refractivity (Wildman–Crippen MR) is 88.8 cm³/mol. The smallest absolute Gasteiger partial charge is 0.0843 e. The SMILES string of the molecule is Cc1cc(C(C)NCc2cc(Br)c(Br)s2)c(C)s1. The standard InChI is InChI=1S/C13H15Br2NS2/c1-7-4-11(9(3)17-7)8(2)16-6-10-5-12(14)13(15)18-10/h4-5,8,16H,6H2,1-3H3. The van der Waals surface area contributed by atoms with Crippen LogP contribution in [0.1, 0.15) is 33.2 Å². The van der Waals surface area contributed by atoms with Crippen molar-refractivity contribution in [1.29, 1.82) is 0 Å². The number of nitrogens with one attached hydrogen (secondary N) is 1. The summed E-state index contributed by atoms with van der Waals surface area (Å²) in [7, 11) is 0. The summed E-state index contributed by atoms with van der Waals surface area (Å²) in [6.45, 7) is 7.50. The van der Waals surface area contributed by atoms with Gasteiger partial charge >= 0.3 is 0 Å². The van der Waals surface area contributed by atoms with E-state index in [0.717, 1.165) is 14.8 Å². The van der Waals surface area contributed by atoms with Gasteiger partial charge in [0.25, 0.3) is 0 Å². The van der Waals surface area contributed by atoms with Crippen molar-refractivity contribution in [3.63, 3.8) is 0 Å². The summed E-state index contributed by atoms with van der Waals surface area (Å²) >= 11 is 10.7. The summed E-state index contributed by atoms with van der Waals surface area (Å²) in [5.74, 6) is 0. The minimum Gasteiger partial charge on any atom is -0.305 e. The van der Waals surface area contributed by atoms with E-state index in [4.69, 9.17) is 0 Å². The Hall–Kier alpha value is 0.320. The van der Waals surface area contributed by atoms with Gasteiger partial charge in [-0.25, -0.2) is 0 Å². The largest absolute Gasteiger partial charge is 0.305 e. The highest BCUT2D eigenvalue weighted by Crippen LogP contribution is 2.33. The molecule has 18 heavy (non-hydrogen) atoms. The Kier molecular flexibility index (Phi) is 5.06. The van der Waals surface area contributed by atoms with Crippen LogP contribution in [0.25, 0.3) is 0 Å². The van der Waals surface area contributed by atoms with Crippen molar-refractivity contribution in [3.8, 4) is 0 Å². The summed E-state index contributed by atoms with van der Waals surface area (Å²) in [6, 6.07) is 4.85. The Balaban J connectivity index is 2.00. The average Bonchev–Trinajstić information content (AvgIpc) is 2.79. The first-order chi connectivity index (χ1) is 8.47. The highest BCUT2D eigenvalue weighted by atomic mass is 79.9. The van der Waals surface area contributed by atoms with E-state index in [1.165, 1.54) is 20.2 Å². The van der Waals surface area contributed by atoms with Crippen molar-refractivity contribution in [3.05, 3.63) is 40.6 Å². The van der Waals surface area contributed by atoms with Gasteiger partial charge in [-0.3, -0.25) is 0 Å². The topological polar surface area (TPSA) is 12.0 Å². The van der Waals surface area contributed by atoms with E-state index in [2.05, 4.69) is 70.1 Å². The van der Waals surface area contributed by atoms with Gasteiger partial charge in [0, 0.05) is 31.7 Å². The van der Waals surface area contributed by atoms with Crippen molar-refractivity contribution < 1.29 is 0 Å². The van der Waals surface area contributed by atoms with Gasteiger partial charge in [0.15, 0.2) is 0 Å². The molecular weight excluding hydrogens is 394 g/mol. The van der Waals surface area contributed by atoms with Crippen LogP contribution >= 0.6 is 54.5 Å². The van der Waals surface area contributed by atoms with Crippen LogP contribution in [0.4, 0.5) is 0 Å². The first kappa shape index (κ1) is 14.7. The number of hydrogen-bond acceptors (Lipinski definition) is 3. The van der Waals surface area contributed by atoms with Gasteiger partial charge in [-0.15, -0.1) is 22.7 Å². The van der Waals surface area contributed by atoms with E-state index in [1.807, 2.05) is 11.3 Å². The third kappa shape index (κ3) is 3.45. The van der Waals surface area contributed by atoms with Crippen LogP contribution in [-0.2, 0) is 6.54 Å². The molecule has 2 rings (SSSR count). The molecule has 98 valence electrons. The lowest BCUT2D eigenvalue weighted by Gasteiger charge is -2.12. The maximum atomic E-state index is 3.59. The number of aryl methyl sites for hydroxylation is 2. The highest BCUT2D eigenvalue weighted by molar-refractivity contribution is 9.13. The van der Waals surface area contributed by atoms with Crippen LogP contribution in [0.15, 0.2) is 20.4 Å². The lowest BCUT2D eigenvalue weighted by Crippen LogP contribution is -2.17. The van der Waals surface area contributed by atoms with Crippen molar-refractivity contribution in [2.75, 3.05) is 0 Å². The molecule has 0 amide bonds. The highest BCUT2D eigenvalue weighted by Gasteiger charge is 2.11. The number of rotatable bonds is 4. The number of halogens is 2. The molecule has 2 heterocycles. The van der Waals surface area contributed by atoms with Crippen molar-refractivity contribution in [2.24, 2.45) is 0 Å². The molecule has 0 spiro atoms. The van der Waals surface area contributed by atoms with Gasteiger partial charge < -0.3 is 5.32 Å². The molecule has 1 N–H and O–H groups in total. The Morgan fingerprint density at radius 2 is 1.94 bits per heavy atom. The molecule has 5 heteroatoms. The van der Waals surface area contributed by atoms with E-state index >= 15 is 0 Å². The average molecular weight is 409 g/mol. The lowest BCUT2D eigenvalue weighted by molar-refractivity contribution is 0.578. The molecule has 2 aromatic rings. The predicted octanol–water partition coefficient (Wildman–Crippen LogP) is 5.80. The first-order valence-corrected chi connectivity index (χ1v) is 8.93. The van der Waals surface area contributed by atoms with E-state index in [-0.39, 0.29) is 0 Å². The van der Waals surface area contributed by atoms with Crippen LogP contribution in [0.3, 0.4) is 0 Å². The van der Waals surface area contributed by atoms with Gasteiger partial charge in [0.1, 0.15) is 0 Å². The van der Waals surface area contributed by atoms with Gasteiger partial charge in [0.2, 0.25) is 0 Å². The fraction of sp³-hybridized carbons (Fsp3) is 0.385. The normalized spacial score (nSPS) is 12.9. The third-order valence-electron chi connectivity index (χ3n) is 2.82. The van der Waals surface area contributed by atoms with Crippen LogP contribution in [0.2, 0.25) is 0 Å². The Bertz CT molecular complexity index is 526. The van der Waals surface area contributed by atoms with Crippen molar-refractivity contribution in [2.45, 2.75) is 33.4 Å². The van der Waals surface area contributed by atoms with Crippen LogP contribution in [-0.4, -0.2) is 0 Å². The van der Waals surface area contributed by atoms with Crippen molar-refractivity contribution in [1.82, 2.24) is 5.32 Å². The summed E-state index contributed by atoms with van der Waals surface area (Å²) in [6.07, 6.45) is 0. The fourth-order valence-corrected chi connectivity index (χ4v) is 5.07. The zero-order valence-corrected chi connectivity index (χ0v) is 15.3.